The van der Waals surface area contributed by atoms with E-state index in [0.717, 1.165) is 0 Å². The van der Waals surface area contributed by atoms with Gasteiger partial charge in [-0.15, -0.1) is 0 Å². The van der Waals surface area contributed by atoms with E-state index >= 15 is 0 Å². The van der Waals surface area contributed by atoms with E-state index in [2.05, 4.69) is 15.2 Å². The highest BCUT2D eigenvalue weighted by atomic mass is 16.5. The molecule has 0 unspecified atom stereocenters. The molecule has 8 nitrogen and oxygen atoms in total. The summed E-state index contributed by atoms with van der Waals surface area (Å²) in [4.78, 5) is 18.2. The van der Waals surface area contributed by atoms with E-state index in [1.54, 1.807) is 13.8 Å². The molecule has 20 heavy (non-hydrogen) atoms. The van der Waals surface area contributed by atoms with Crippen LogP contribution in [-0.4, -0.2) is 46.1 Å². The molecule has 0 amide bonds. The Kier molecular flexibility index (Phi) is 3.23. The SMILES string of the molecule is Cc1cc(=O)n(-c2nnc(N3CCOCC3)o2)c(C)n1. The summed E-state index contributed by atoms with van der Waals surface area (Å²) >= 11 is 0. The number of hydrogen-bond acceptors (Lipinski definition) is 7. The van der Waals surface area contributed by atoms with Crippen LogP contribution in [0.5, 0.6) is 0 Å². The summed E-state index contributed by atoms with van der Waals surface area (Å²) in [6.45, 7) is 6.15. The minimum absolute atomic E-state index is 0.140. The average molecular weight is 277 g/mol. The Morgan fingerprint density at radius 3 is 2.55 bits per heavy atom. The molecule has 0 spiro atoms. The number of morpholine rings is 1. The largest absolute Gasteiger partial charge is 0.389 e. The van der Waals surface area contributed by atoms with Crippen molar-refractivity contribution in [3.8, 4) is 6.01 Å². The zero-order valence-electron chi connectivity index (χ0n) is 11.4. The third-order valence-corrected chi connectivity index (χ3v) is 3.09. The number of aryl methyl sites for hydroxylation is 2. The maximum absolute atomic E-state index is 12.0. The second kappa shape index (κ2) is 5.04. The van der Waals surface area contributed by atoms with Gasteiger partial charge >= 0.3 is 12.0 Å². The standard InChI is InChI=1S/C12H15N5O3/c1-8-7-10(18)17(9(2)13-8)12-15-14-11(20-12)16-3-5-19-6-4-16/h7H,3-6H2,1-2H3. The molecule has 0 saturated carbocycles. The molecule has 2 aromatic heterocycles. The van der Waals surface area contributed by atoms with Gasteiger partial charge in [0.25, 0.3) is 5.56 Å². The second-order valence-corrected chi connectivity index (χ2v) is 4.59. The zero-order chi connectivity index (χ0) is 14.1. The molecule has 0 aliphatic carbocycles. The minimum atomic E-state index is -0.229. The van der Waals surface area contributed by atoms with Gasteiger partial charge in [-0.25, -0.2) is 9.55 Å². The van der Waals surface area contributed by atoms with E-state index in [4.69, 9.17) is 9.15 Å². The molecular formula is C12H15N5O3. The summed E-state index contributed by atoms with van der Waals surface area (Å²) in [5, 5.41) is 7.92. The third kappa shape index (κ3) is 2.29. The monoisotopic (exact) mass is 277 g/mol. The average Bonchev–Trinajstić information content (AvgIpc) is 2.88. The zero-order valence-corrected chi connectivity index (χ0v) is 11.4. The molecule has 1 fully saturated rings. The van der Waals surface area contributed by atoms with Crippen LogP contribution in [-0.2, 0) is 4.74 Å². The molecule has 0 radical (unpaired) electrons. The van der Waals surface area contributed by atoms with Gasteiger partial charge in [0.2, 0.25) is 0 Å². The molecule has 1 aliphatic rings. The summed E-state index contributed by atoms with van der Waals surface area (Å²) in [5.41, 5.74) is 0.434. The van der Waals surface area contributed by atoms with Crippen LogP contribution in [0.25, 0.3) is 6.01 Å². The van der Waals surface area contributed by atoms with Crippen molar-refractivity contribution in [3.63, 3.8) is 0 Å². The molecule has 0 atom stereocenters. The molecule has 3 rings (SSSR count). The predicted molar refractivity (Wildman–Crippen MR) is 70.2 cm³/mol. The normalized spacial score (nSPS) is 15.6. The molecule has 0 N–H and O–H groups in total. The Balaban J connectivity index is 1.96. The van der Waals surface area contributed by atoms with Crippen molar-refractivity contribution in [1.29, 1.82) is 0 Å². The maximum Gasteiger partial charge on any atom is 0.332 e. The van der Waals surface area contributed by atoms with Crippen LogP contribution in [0, 0.1) is 13.8 Å². The fourth-order valence-corrected chi connectivity index (χ4v) is 2.15. The number of nitrogens with zero attached hydrogens (tertiary/aromatic N) is 5. The smallest absolute Gasteiger partial charge is 0.332 e. The first-order chi connectivity index (χ1) is 9.65. The first kappa shape index (κ1) is 12.8. The fraction of sp³-hybridized carbons (Fsp3) is 0.500. The molecule has 0 bridgehead atoms. The van der Waals surface area contributed by atoms with Crippen molar-refractivity contribution in [1.82, 2.24) is 19.7 Å². The van der Waals surface area contributed by atoms with E-state index in [0.29, 0.717) is 43.8 Å². The lowest BCUT2D eigenvalue weighted by Gasteiger charge is -2.24. The number of rotatable bonds is 2. The first-order valence-corrected chi connectivity index (χ1v) is 6.39. The molecule has 0 aromatic carbocycles. The van der Waals surface area contributed by atoms with Gasteiger partial charge in [-0.05, 0) is 13.8 Å². The van der Waals surface area contributed by atoms with Crippen molar-refractivity contribution in [2.75, 3.05) is 31.2 Å². The minimum Gasteiger partial charge on any atom is -0.389 e. The van der Waals surface area contributed by atoms with Crippen LogP contribution in [0.3, 0.4) is 0 Å². The van der Waals surface area contributed by atoms with Crippen molar-refractivity contribution in [2.24, 2.45) is 0 Å². The molecule has 1 aliphatic heterocycles. The van der Waals surface area contributed by atoms with Crippen LogP contribution in [0.15, 0.2) is 15.3 Å². The first-order valence-electron chi connectivity index (χ1n) is 6.39. The molecular weight excluding hydrogens is 262 g/mol. The molecule has 2 aromatic rings. The van der Waals surface area contributed by atoms with Crippen molar-refractivity contribution in [3.05, 3.63) is 27.9 Å². The Morgan fingerprint density at radius 2 is 1.85 bits per heavy atom. The summed E-state index contributed by atoms with van der Waals surface area (Å²) in [7, 11) is 0. The predicted octanol–water partition coefficient (Wildman–Crippen LogP) is 0.0689. The van der Waals surface area contributed by atoms with Crippen LogP contribution in [0.1, 0.15) is 11.5 Å². The number of aromatic nitrogens is 4. The highest BCUT2D eigenvalue weighted by molar-refractivity contribution is 5.27. The lowest BCUT2D eigenvalue weighted by Crippen LogP contribution is -2.36. The highest BCUT2D eigenvalue weighted by Crippen LogP contribution is 2.16. The Hall–Kier alpha value is -2.22. The Labute approximate surface area is 115 Å². The fourth-order valence-electron chi connectivity index (χ4n) is 2.15. The van der Waals surface area contributed by atoms with Crippen LogP contribution >= 0.6 is 0 Å². The summed E-state index contributed by atoms with van der Waals surface area (Å²) in [5.74, 6) is 0.521. The summed E-state index contributed by atoms with van der Waals surface area (Å²) in [6, 6.07) is 1.97. The van der Waals surface area contributed by atoms with E-state index in [9.17, 15) is 4.79 Å². The quantitative estimate of drug-likeness (QED) is 0.767. The van der Waals surface area contributed by atoms with Gasteiger partial charge in [0, 0.05) is 24.8 Å². The van der Waals surface area contributed by atoms with Crippen LogP contribution in [0.2, 0.25) is 0 Å². The molecule has 1 saturated heterocycles. The maximum atomic E-state index is 12.0. The van der Waals surface area contributed by atoms with Gasteiger partial charge in [0.15, 0.2) is 0 Å². The van der Waals surface area contributed by atoms with Gasteiger partial charge in [0.05, 0.1) is 13.2 Å². The van der Waals surface area contributed by atoms with Crippen molar-refractivity contribution < 1.29 is 9.15 Å². The van der Waals surface area contributed by atoms with E-state index in [1.165, 1.54) is 10.6 Å². The van der Waals surface area contributed by atoms with Gasteiger partial charge in [-0.3, -0.25) is 4.79 Å². The van der Waals surface area contributed by atoms with Gasteiger partial charge in [-0.2, -0.15) is 0 Å². The summed E-state index contributed by atoms with van der Waals surface area (Å²) in [6.07, 6.45) is 0. The van der Waals surface area contributed by atoms with Crippen molar-refractivity contribution >= 4 is 6.01 Å². The Morgan fingerprint density at radius 1 is 1.15 bits per heavy atom. The molecule has 8 heteroatoms. The summed E-state index contributed by atoms with van der Waals surface area (Å²) < 4.78 is 12.2. The van der Waals surface area contributed by atoms with E-state index < -0.39 is 0 Å². The van der Waals surface area contributed by atoms with Crippen LogP contribution < -0.4 is 10.5 Å². The number of hydrogen-bond donors (Lipinski definition) is 0. The van der Waals surface area contributed by atoms with E-state index in [-0.39, 0.29) is 11.6 Å². The lowest BCUT2D eigenvalue weighted by atomic mass is 10.4. The number of ether oxygens (including phenoxy) is 1. The van der Waals surface area contributed by atoms with Crippen molar-refractivity contribution in [2.45, 2.75) is 13.8 Å². The van der Waals surface area contributed by atoms with Gasteiger partial charge in [0.1, 0.15) is 5.82 Å². The third-order valence-electron chi connectivity index (χ3n) is 3.09. The number of anilines is 1. The highest BCUT2D eigenvalue weighted by Gasteiger charge is 2.19. The van der Waals surface area contributed by atoms with Crippen LogP contribution in [0.4, 0.5) is 6.01 Å². The van der Waals surface area contributed by atoms with Gasteiger partial charge < -0.3 is 14.1 Å². The topological polar surface area (TPSA) is 86.3 Å². The molecule has 3 heterocycles. The van der Waals surface area contributed by atoms with E-state index in [1.807, 2.05) is 4.90 Å². The lowest BCUT2D eigenvalue weighted by molar-refractivity contribution is 0.120. The second-order valence-electron chi connectivity index (χ2n) is 4.59. The van der Waals surface area contributed by atoms with Gasteiger partial charge in [-0.1, -0.05) is 10.2 Å². The molecule has 106 valence electrons. The Bertz CT molecular complexity index is 672.